The second-order valence-electron chi connectivity index (χ2n) is 4.53. The minimum Gasteiger partial charge on any atom is -0.462 e. The van der Waals surface area contributed by atoms with Gasteiger partial charge >= 0.3 is 5.97 Å². The third-order valence-corrected chi connectivity index (χ3v) is 3.77. The van der Waals surface area contributed by atoms with Crippen molar-refractivity contribution in [3.63, 3.8) is 0 Å². The summed E-state index contributed by atoms with van der Waals surface area (Å²) < 4.78 is 4.97. The molecular weight excluding hydrogens is 338 g/mol. The normalized spacial score (nSPS) is 9.40. The maximum Gasteiger partial charge on any atom is 0.338 e. The number of hydrazone groups is 1. The number of nitriles is 2. The number of carbonyl (C=O) groups excluding carboxylic acids is 1. The number of anilines is 1. The predicted octanol–water partition coefficient (Wildman–Crippen LogP) is 3.22. The molecule has 1 heterocycles. The lowest BCUT2D eigenvalue weighted by atomic mass is 10.3. The third-order valence-electron chi connectivity index (χ3n) is 2.83. The number of nitrogens with one attached hydrogen (secondary N) is 1. The Bertz CT molecular complexity index is 850. The summed E-state index contributed by atoms with van der Waals surface area (Å²) in [6.07, 6.45) is 1.56. The van der Waals surface area contributed by atoms with Gasteiger partial charge in [0.25, 0.3) is 0 Å². The van der Waals surface area contributed by atoms with Crippen LogP contribution in [0.2, 0.25) is 0 Å². The van der Waals surface area contributed by atoms with Gasteiger partial charge in [-0.1, -0.05) is 11.8 Å². The number of hydrogen-bond donors (Lipinski definition) is 1. The van der Waals surface area contributed by atoms with Crippen LogP contribution in [0.3, 0.4) is 0 Å². The van der Waals surface area contributed by atoms with Crippen molar-refractivity contribution in [3.8, 4) is 12.1 Å². The van der Waals surface area contributed by atoms with Crippen LogP contribution in [0.25, 0.3) is 0 Å². The summed E-state index contributed by atoms with van der Waals surface area (Å²) in [4.78, 5) is 16.9. The molecular formula is C17H13N5O2S. The molecule has 0 aliphatic carbocycles. The van der Waals surface area contributed by atoms with E-state index in [4.69, 9.17) is 15.3 Å². The highest BCUT2D eigenvalue weighted by Crippen LogP contribution is 2.27. The molecule has 1 aromatic heterocycles. The van der Waals surface area contributed by atoms with E-state index in [-0.39, 0.29) is 11.7 Å². The molecule has 8 heteroatoms. The van der Waals surface area contributed by atoms with Crippen LogP contribution in [0.15, 0.2) is 57.6 Å². The van der Waals surface area contributed by atoms with Gasteiger partial charge in [0.15, 0.2) is 0 Å². The summed E-state index contributed by atoms with van der Waals surface area (Å²) in [5.74, 6) is -0.380. The lowest BCUT2D eigenvalue weighted by molar-refractivity contribution is 0.0526. The molecule has 0 saturated heterocycles. The van der Waals surface area contributed by atoms with E-state index in [1.54, 1.807) is 49.5 Å². The molecule has 1 aromatic carbocycles. The van der Waals surface area contributed by atoms with Gasteiger partial charge in [-0.3, -0.25) is 5.43 Å². The highest BCUT2D eigenvalue weighted by molar-refractivity contribution is 7.99. The van der Waals surface area contributed by atoms with Gasteiger partial charge in [-0.25, -0.2) is 9.78 Å². The maximum atomic E-state index is 11.7. The van der Waals surface area contributed by atoms with E-state index in [0.717, 1.165) is 4.90 Å². The second-order valence-corrected chi connectivity index (χ2v) is 5.62. The first-order valence-electron chi connectivity index (χ1n) is 7.21. The molecule has 0 amide bonds. The van der Waals surface area contributed by atoms with Gasteiger partial charge < -0.3 is 4.74 Å². The van der Waals surface area contributed by atoms with Gasteiger partial charge in [-0.2, -0.15) is 15.6 Å². The topological polar surface area (TPSA) is 111 Å². The molecule has 0 fully saturated rings. The lowest BCUT2D eigenvalue weighted by Crippen LogP contribution is -2.04. The van der Waals surface area contributed by atoms with E-state index < -0.39 is 0 Å². The van der Waals surface area contributed by atoms with E-state index in [9.17, 15) is 4.79 Å². The zero-order valence-corrected chi connectivity index (χ0v) is 14.1. The molecule has 0 atom stereocenters. The van der Waals surface area contributed by atoms with Crippen molar-refractivity contribution in [3.05, 3.63) is 48.2 Å². The molecule has 2 aromatic rings. The third kappa shape index (κ3) is 5.34. The van der Waals surface area contributed by atoms with Crippen LogP contribution in [0, 0.1) is 22.7 Å². The Labute approximate surface area is 148 Å². The number of rotatable bonds is 6. The number of benzene rings is 1. The van der Waals surface area contributed by atoms with Crippen molar-refractivity contribution in [1.29, 1.82) is 10.5 Å². The van der Waals surface area contributed by atoms with Crippen LogP contribution in [-0.4, -0.2) is 23.3 Å². The molecule has 7 nitrogen and oxygen atoms in total. The van der Waals surface area contributed by atoms with Gasteiger partial charge in [0.1, 0.15) is 17.2 Å². The smallest absolute Gasteiger partial charge is 0.338 e. The van der Waals surface area contributed by atoms with Crippen LogP contribution in [0.4, 0.5) is 5.69 Å². The fourth-order valence-corrected chi connectivity index (χ4v) is 2.53. The van der Waals surface area contributed by atoms with Gasteiger partial charge in [-0.05, 0) is 43.3 Å². The average molecular weight is 351 g/mol. The Morgan fingerprint density at radius 3 is 2.64 bits per heavy atom. The first-order valence-corrected chi connectivity index (χ1v) is 8.03. The fraction of sp³-hybridized carbons (Fsp3) is 0.118. The standard InChI is InChI=1S/C17H13N5O2S/c1-2-24-17(23)12-7-8-20-16(9-12)25-15-5-3-13(4-6-15)21-22-14(10-18)11-19/h3-9,21H,2H2,1H3. The van der Waals surface area contributed by atoms with E-state index in [1.165, 1.54) is 11.8 Å². The van der Waals surface area contributed by atoms with E-state index in [2.05, 4.69) is 15.5 Å². The molecule has 0 spiro atoms. The van der Waals surface area contributed by atoms with Gasteiger partial charge in [0.05, 0.1) is 17.9 Å². The Morgan fingerprint density at radius 1 is 1.28 bits per heavy atom. The van der Waals surface area contributed by atoms with Crippen molar-refractivity contribution in [2.75, 3.05) is 12.0 Å². The Hall–Kier alpha value is -3.36. The molecule has 2 rings (SSSR count). The van der Waals surface area contributed by atoms with Gasteiger partial charge in [-0.15, -0.1) is 0 Å². The highest BCUT2D eigenvalue weighted by atomic mass is 32.2. The first-order chi connectivity index (χ1) is 12.2. The summed E-state index contributed by atoms with van der Waals surface area (Å²) >= 11 is 1.39. The Morgan fingerprint density at radius 2 is 2.00 bits per heavy atom. The molecule has 0 bridgehead atoms. The molecule has 0 saturated carbocycles. The number of carbonyl (C=O) groups is 1. The maximum absolute atomic E-state index is 11.7. The zero-order valence-electron chi connectivity index (χ0n) is 13.3. The molecule has 0 aliphatic heterocycles. The fourth-order valence-electron chi connectivity index (χ4n) is 1.72. The minimum absolute atomic E-state index is 0.251. The molecule has 0 unspecified atom stereocenters. The Balaban J connectivity index is 2.06. The van der Waals surface area contributed by atoms with Crippen molar-refractivity contribution in [2.45, 2.75) is 16.8 Å². The second kappa shape index (κ2) is 9.06. The SMILES string of the molecule is CCOC(=O)c1ccnc(Sc2ccc(NN=C(C#N)C#N)cc2)c1. The van der Waals surface area contributed by atoms with Crippen LogP contribution >= 0.6 is 11.8 Å². The monoisotopic (exact) mass is 351 g/mol. The van der Waals surface area contributed by atoms with Gasteiger partial charge in [0, 0.05) is 11.1 Å². The summed E-state index contributed by atoms with van der Waals surface area (Å²) in [6.45, 7) is 2.07. The van der Waals surface area contributed by atoms with E-state index >= 15 is 0 Å². The summed E-state index contributed by atoms with van der Waals surface area (Å²) in [5, 5.41) is 21.6. The van der Waals surface area contributed by atoms with Gasteiger partial charge in [0.2, 0.25) is 5.71 Å². The van der Waals surface area contributed by atoms with E-state index in [1.807, 2.05) is 12.1 Å². The predicted molar refractivity (Wildman–Crippen MR) is 93.0 cm³/mol. The molecule has 0 radical (unpaired) electrons. The number of esters is 1. The van der Waals surface area contributed by atoms with E-state index in [0.29, 0.717) is 22.9 Å². The quantitative estimate of drug-likeness (QED) is 0.483. The molecule has 124 valence electrons. The largest absolute Gasteiger partial charge is 0.462 e. The van der Waals surface area contributed by atoms with Crippen LogP contribution in [0.5, 0.6) is 0 Å². The van der Waals surface area contributed by atoms with Crippen molar-refractivity contribution in [1.82, 2.24) is 4.98 Å². The average Bonchev–Trinajstić information content (AvgIpc) is 2.64. The number of nitrogens with zero attached hydrogens (tertiary/aromatic N) is 4. The Kier molecular flexibility index (Phi) is 6.52. The minimum atomic E-state index is -0.380. The molecule has 25 heavy (non-hydrogen) atoms. The van der Waals surface area contributed by atoms with Crippen molar-refractivity contribution >= 4 is 29.1 Å². The number of pyridine rings is 1. The van der Waals surface area contributed by atoms with Crippen LogP contribution < -0.4 is 5.43 Å². The lowest BCUT2D eigenvalue weighted by Gasteiger charge is -2.05. The molecule has 0 aliphatic rings. The summed E-state index contributed by atoms with van der Waals surface area (Å²) in [5.41, 5.74) is 3.47. The van der Waals surface area contributed by atoms with Crippen LogP contribution in [-0.2, 0) is 4.74 Å². The first kappa shape index (κ1) is 18.0. The number of hydrogen-bond acceptors (Lipinski definition) is 8. The van der Waals surface area contributed by atoms with Crippen molar-refractivity contribution < 1.29 is 9.53 Å². The zero-order chi connectivity index (χ0) is 18.1. The number of ether oxygens (including phenoxy) is 1. The van der Waals surface area contributed by atoms with Crippen LogP contribution in [0.1, 0.15) is 17.3 Å². The summed E-state index contributed by atoms with van der Waals surface area (Å²) in [7, 11) is 0. The molecule has 1 N–H and O–H groups in total. The highest BCUT2D eigenvalue weighted by Gasteiger charge is 2.08. The number of aromatic nitrogens is 1. The summed E-state index contributed by atoms with van der Waals surface area (Å²) in [6, 6.07) is 13.8. The van der Waals surface area contributed by atoms with Crippen molar-refractivity contribution in [2.24, 2.45) is 5.10 Å².